The molecule has 1 aromatic carbocycles. The molecule has 3 rings (SSSR count). The molecule has 4 heteroatoms. The molecule has 1 saturated carbocycles. The van der Waals surface area contributed by atoms with Gasteiger partial charge >= 0.3 is 6.09 Å². The summed E-state index contributed by atoms with van der Waals surface area (Å²) < 4.78 is 5.25. The Labute approximate surface area is 125 Å². The monoisotopic (exact) mass is 284 g/mol. The van der Waals surface area contributed by atoms with Crippen molar-refractivity contribution in [3.8, 4) is 6.07 Å². The number of rotatable bonds is 4. The zero-order valence-corrected chi connectivity index (χ0v) is 12.3. The Hall–Kier alpha value is -2.02. The lowest BCUT2D eigenvalue weighted by Crippen LogP contribution is -2.35. The van der Waals surface area contributed by atoms with Gasteiger partial charge in [0.05, 0.1) is 18.1 Å². The second-order valence-electron chi connectivity index (χ2n) is 5.93. The quantitative estimate of drug-likeness (QED) is 0.799. The summed E-state index contributed by atoms with van der Waals surface area (Å²) in [5.41, 5.74) is 0.697. The Morgan fingerprint density at radius 1 is 1.38 bits per heavy atom. The van der Waals surface area contributed by atoms with Gasteiger partial charge in [0.25, 0.3) is 0 Å². The Morgan fingerprint density at radius 3 is 2.62 bits per heavy atom. The largest absolute Gasteiger partial charge is 0.449 e. The van der Waals surface area contributed by atoms with Crippen LogP contribution in [0.2, 0.25) is 0 Å². The number of benzene rings is 1. The van der Waals surface area contributed by atoms with E-state index in [1.54, 1.807) is 4.90 Å². The van der Waals surface area contributed by atoms with Crippen molar-refractivity contribution in [2.75, 3.05) is 19.7 Å². The Morgan fingerprint density at radius 2 is 2.05 bits per heavy atom. The normalized spacial score (nSPS) is 29.6. The molecule has 1 saturated heterocycles. The number of nitrogens with zero attached hydrogens (tertiary/aromatic N) is 2. The number of carbonyl (C=O) groups excluding carboxylic acids is 1. The van der Waals surface area contributed by atoms with Gasteiger partial charge in [0, 0.05) is 24.9 Å². The van der Waals surface area contributed by atoms with E-state index in [-0.39, 0.29) is 23.3 Å². The van der Waals surface area contributed by atoms with Crippen LogP contribution in [0.3, 0.4) is 0 Å². The van der Waals surface area contributed by atoms with Crippen molar-refractivity contribution in [2.24, 2.45) is 11.8 Å². The summed E-state index contributed by atoms with van der Waals surface area (Å²) in [5, 5.41) is 9.63. The van der Waals surface area contributed by atoms with Crippen LogP contribution < -0.4 is 0 Å². The number of unbranched alkanes of at least 4 members (excludes halogenated alkanes) is 1. The molecular formula is C17H20N2O2. The van der Waals surface area contributed by atoms with Gasteiger partial charge in [0.1, 0.15) is 0 Å². The summed E-state index contributed by atoms with van der Waals surface area (Å²) in [5.74, 6) is 0.507. The fourth-order valence-electron chi connectivity index (χ4n) is 3.55. The predicted octanol–water partition coefficient (Wildman–Crippen LogP) is 2.95. The molecule has 2 aliphatic rings. The lowest BCUT2D eigenvalue weighted by molar-refractivity contribution is 0.104. The molecule has 4 nitrogen and oxygen atoms in total. The van der Waals surface area contributed by atoms with E-state index < -0.39 is 0 Å². The van der Waals surface area contributed by atoms with Crippen molar-refractivity contribution in [1.29, 1.82) is 5.26 Å². The van der Waals surface area contributed by atoms with Gasteiger partial charge in [-0.05, 0) is 12.0 Å². The standard InChI is InChI=1S/C17H20N2O2/c1-2-3-9-21-16(20)19-10-14-15(11-19)17(14,12-18)13-7-5-4-6-8-13/h4-8,14-15H,2-3,9-11H2,1H3/t14-,15+,17?. The number of ether oxygens (including phenoxy) is 1. The molecule has 1 aromatic rings. The smallest absolute Gasteiger partial charge is 0.409 e. The molecule has 1 unspecified atom stereocenters. The van der Waals surface area contributed by atoms with Gasteiger partial charge in [-0.3, -0.25) is 0 Å². The topological polar surface area (TPSA) is 53.3 Å². The van der Waals surface area contributed by atoms with Gasteiger partial charge < -0.3 is 9.64 Å². The predicted molar refractivity (Wildman–Crippen MR) is 78.5 cm³/mol. The highest BCUT2D eigenvalue weighted by Crippen LogP contribution is 2.63. The lowest BCUT2D eigenvalue weighted by Gasteiger charge is -2.22. The minimum atomic E-state index is -0.387. The van der Waals surface area contributed by atoms with Crippen molar-refractivity contribution < 1.29 is 9.53 Å². The third-order valence-corrected chi connectivity index (χ3v) is 4.80. The van der Waals surface area contributed by atoms with Crippen LogP contribution in [0, 0.1) is 23.2 Å². The number of nitriles is 1. The van der Waals surface area contributed by atoms with E-state index >= 15 is 0 Å². The maximum Gasteiger partial charge on any atom is 0.409 e. The maximum atomic E-state index is 11.9. The molecular weight excluding hydrogens is 264 g/mol. The molecule has 0 spiro atoms. The maximum absolute atomic E-state index is 11.9. The summed E-state index contributed by atoms with van der Waals surface area (Å²) in [7, 11) is 0. The summed E-state index contributed by atoms with van der Waals surface area (Å²) in [4.78, 5) is 13.7. The average molecular weight is 284 g/mol. The minimum Gasteiger partial charge on any atom is -0.449 e. The van der Waals surface area contributed by atoms with Gasteiger partial charge in [-0.1, -0.05) is 43.7 Å². The van der Waals surface area contributed by atoms with Crippen LogP contribution in [0.25, 0.3) is 0 Å². The molecule has 110 valence electrons. The highest BCUT2D eigenvalue weighted by molar-refractivity contribution is 5.69. The molecule has 21 heavy (non-hydrogen) atoms. The van der Waals surface area contributed by atoms with Crippen LogP contribution in [0.4, 0.5) is 4.79 Å². The van der Waals surface area contributed by atoms with Crippen molar-refractivity contribution in [3.05, 3.63) is 35.9 Å². The Balaban J connectivity index is 1.63. The van der Waals surface area contributed by atoms with Crippen LogP contribution in [-0.4, -0.2) is 30.7 Å². The van der Waals surface area contributed by atoms with Crippen molar-refractivity contribution in [3.63, 3.8) is 0 Å². The van der Waals surface area contributed by atoms with E-state index in [2.05, 4.69) is 13.0 Å². The number of likely N-dealkylation sites (tertiary alicyclic amines) is 1. The van der Waals surface area contributed by atoms with Crippen LogP contribution in [0.15, 0.2) is 30.3 Å². The number of piperidine rings is 1. The van der Waals surface area contributed by atoms with Gasteiger partial charge in [-0.25, -0.2) is 4.79 Å². The summed E-state index contributed by atoms with van der Waals surface area (Å²) in [6.07, 6.45) is 1.69. The van der Waals surface area contributed by atoms with Crippen molar-refractivity contribution in [1.82, 2.24) is 4.90 Å². The molecule has 0 N–H and O–H groups in total. The molecule has 0 radical (unpaired) electrons. The minimum absolute atomic E-state index is 0.226. The van der Waals surface area contributed by atoms with Crippen LogP contribution in [-0.2, 0) is 10.2 Å². The number of carbonyl (C=O) groups is 1. The highest BCUT2D eigenvalue weighted by atomic mass is 16.6. The number of hydrogen-bond acceptors (Lipinski definition) is 3. The van der Waals surface area contributed by atoms with E-state index in [0.717, 1.165) is 18.4 Å². The molecule has 1 amide bonds. The highest BCUT2D eigenvalue weighted by Gasteiger charge is 2.70. The first-order valence-corrected chi connectivity index (χ1v) is 7.62. The van der Waals surface area contributed by atoms with E-state index in [1.807, 2.05) is 30.3 Å². The van der Waals surface area contributed by atoms with E-state index in [4.69, 9.17) is 4.74 Å². The van der Waals surface area contributed by atoms with Gasteiger partial charge in [0.15, 0.2) is 0 Å². The van der Waals surface area contributed by atoms with Crippen LogP contribution in [0.5, 0.6) is 0 Å². The first-order valence-electron chi connectivity index (χ1n) is 7.62. The Kier molecular flexibility index (Phi) is 3.59. The summed E-state index contributed by atoms with van der Waals surface area (Å²) >= 11 is 0. The molecule has 1 aliphatic carbocycles. The second kappa shape index (κ2) is 5.40. The first-order chi connectivity index (χ1) is 10.2. The molecule has 1 aliphatic heterocycles. The van der Waals surface area contributed by atoms with Crippen LogP contribution in [0.1, 0.15) is 25.3 Å². The van der Waals surface area contributed by atoms with Gasteiger partial charge in [-0.2, -0.15) is 5.26 Å². The van der Waals surface area contributed by atoms with Crippen molar-refractivity contribution >= 4 is 6.09 Å². The molecule has 0 aromatic heterocycles. The Bertz CT molecular complexity index is 552. The molecule has 3 atom stereocenters. The molecule has 0 bridgehead atoms. The first kappa shape index (κ1) is 13.9. The SMILES string of the molecule is CCCCOC(=O)N1C[C@@H]2[C@H](C1)C2(C#N)c1ccccc1. The number of fused-ring (bicyclic) bond motifs is 1. The summed E-state index contributed by atoms with van der Waals surface area (Å²) in [6.45, 7) is 3.83. The molecule has 1 heterocycles. The second-order valence-corrected chi connectivity index (χ2v) is 5.93. The number of hydrogen-bond donors (Lipinski definition) is 0. The lowest BCUT2D eigenvalue weighted by atomic mass is 9.92. The zero-order chi connectivity index (χ0) is 14.9. The van der Waals surface area contributed by atoms with Gasteiger partial charge in [0.2, 0.25) is 0 Å². The summed E-state index contributed by atoms with van der Waals surface area (Å²) in [6, 6.07) is 12.4. The van der Waals surface area contributed by atoms with E-state index in [0.29, 0.717) is 19.7 Å². The third kappa shape index (κ3) is 2.17. The van der Waals surface area contributed by atoms with Gasteiger partial charge in [-0.15, -0.1) is 0 Å². The molecule has 2 fully saturated rings. The fraction of sp³-hybridized carbons (Fsp3) is 0.529. The number of amides is 1. The van der Waals surface area contributed by atoms with E-state index in [9.17, 15) is 10.1 Å². The van der Waals surface area contributed by atoms with Crippen LogP contribution >= 0.6 is 0 Å². The van der Waals surface area contributed by atoms with Crippen molar-refractivity contribution in [2.45, 2.75) is 25.2 Å². The van der Waals surface area contributed by atoms with E-state index in [1.165, 1.54) is 0 Å². The zero-order valence-electron chi connectivity index (χ0n) is 12.3. The third-order valence-electron chi connectivity index (χ3n) is 4.80. The fourth-order valence-corrected chi connectivity index (χ4v) is 3.55. The average Bonchev–Trinajstić information content (AvgIpc) is 2.90.